The molecule has 2 nitrogen and oxygen atoms in total. The topological polar surface area (TPSA) is 37.3 Å². The van der Waals surface area contributed by atoms with Crippen LogP contribution in [0.3, 0.4) is 0 Å². The Morgan fingerprint density at radius 1 is 1.43 bits per heavy atom. The summed E-state index contributed by atoms with van der Waals surface area (Å²) in [6, 6.07) is 5.26. The van der Waals surface area contributed by atoms with E-state index in [0.717, 1.165) is 0 Å². The molecule has 3 heteroatoms. The lowest BCUT2D eigenvalue weighted by Gasteiger charge is -1.96. The fourth-order valence-electron chi connectivity index (χ4n) is 0.937. The summed E-state index contributed by atoms with van der Waals surface area (Å²) in [6.07, 6.45) is 2.00. The van der Waals surface area contributed by atoms with E-state index in [9.17, 15) is 9.18 Å². The Bertz CT molecular complexity index is 339. The van der Waals surface area contributed by atoms with Gasteiger partial charge in [-0.3, -0.25) is 4.79 Å². The fourth-order valence-corrected chi connectivity index (χ4v) is 0.937. The number of allylic oxidation sites excluding steroid dienone is 1. The Kier molecular flexibility index (Phi) is 3.54. The predicted octanol–water partition coefficient (Wildman–Crippen LogP) is 1.95. The third-order valence-corrected chi connectivity index (χ3v) is 1.65. The first-order valence-corrected chi connectivity index (χ1v) is 4.26. The molecule has 1 N–H and O–H groups in total. The number of aliphatic hydroxyl groups excluding tert-OH is 1. The highest BCUT2D eigenvalue weighted by Crippen LogP contribution is 2.04. The molecule has 0 amide bonds. The minimum Gasteiger partial charge on any atom is -0.389 e. The highest BCUT2D eigenvalue weighted by Gasteiger charge is 2.01. The molecule has 1 aromatic carbocycles. The van der Waals surface area contributed by atoms with Crippen molar-refractivity contribution in [1.29, 1.82) is 0 Å². The van der Waals surface area contributed by atoms with Gasteiger partial charge in [-0.15, -0.1) is 0 Å². The number of halogens is 1. The van der Waals surface area contributed by atoms with E-state index in [1.807, 2.05) is 0 Å². The molecule has 0 saturated heterocycles. The standard InChI is InChI=1S/C11H11FO2/c1-8(13)2-7-11(14)9-3-5-10(12)6-4-9/h2-8,13H,1H3/b7-2+. The number of rotatable bonds is 3. The smallest absolute Gasteiger partial charge is 0.185 e. The van der Waals surface area contributed by atoms with E-state index < -0.39 is 6.10 Å². The maximum Gasteiger partial charge on any atom is 0.185 e. The summed E-state index contributed by atoms with van der Waals surface area (Å²) >= 11 is 0. The van der Waals surface area contributed by atoms with Crippen molar-refractivity contribution in [2.24, 2.45) is 0 Å². The highest BCUT2D eigenvalue weighted by atomic mass is 19.1. The zero-order valence-corrected chi connectivity index (χ0v) is 7.77. The molecule has 0 aliphatic rings. The molecule has 0 heterocycles. The van der Waals surface area contributed by atoms with Crippen LogP contribution in [0, 0.1) is 5.82 Å². The molecular formula is C11H11FO2. The lowest BCUT2D eigenvalue weighted by Crippen LogP contribution is -1.98. The van der Waals surface area contributed by atoms with Crippen molar-refractivity contribution in [2.75, 3.05) is 0 Å². The number of ketones is 1. The number of benzene rings is 1. The van der Waals surface area contributed by atoms with Gasteiger partial charge in [0, 0.05) is 5.56 Å². The molecule has 74 valence electrons. The summed E-state index contributed by atoms with van der Waals surface area (Å²) in [5.74, 6) is -0.619. The summed E-state index contributed by atoms with van der Waals surface area (Å²) in [5, 5.41) is 8.89. The van der Waals surface area contributed by atoms with Crippen molar-refractivity contribution < 1.29 is 14.3 Å². The van der Waals surface area contributed by atoms with Gasteiger partial charge in [0.2, 0.25) is 0 Å². The second-order valence-electron chi connectivity index (χ2n) is 2.97. The molecule has 0 fully saturated rings. The first kappa shape index (κ1) is 10.6. The SMILES string of the molecule is CC(O)/C=C/C(=O)c1ccc(F)cc1. The van der Waals surface area contributed by atoms with Gasteiger partial charge in [0.25, 0.3) is 0 Å². The molecular weight excluding hydrogens is 183 g/mol. The van der Waals surface area contributed by atoms with E-state index >= 15 is 0 Å². The number of aliphatic hydroxyl groups is 1. The van der Waals surface area contributed by atoms with Crippen molar-refractivity contribution in [1.82, 2.24) is 0 Å². The van der Waals surface area contributed by atoms with Crippen LogP contribution in [0.5, 0.6) is 0 Å². The number of carbonyl (C=O) groups is 1. The molecule has 0 bridgehead atoms. The van der Waals surface area contributed by atoms with Gasteiger partial charge in [-0.05, 0) is 37.3 Å². The molecule has 1 atom stereocenters. The van der Waals surface area contributed by atoms with Crippen LogP contribution in [0.15, 0.2) is 36.4 Å². The van der Waals surface area contributed by atoms with Crippen LogP contribution in [0.1, 0.15) is 17.3 Å². The Labute approximate surface area is 81.7 Å². The van der Waals surface area contributed by atoms with Crippen LogP contribution in [-0.4, -0.2) is 17.0 Å². The first-order chi connectivity index (χ1) is 6.59. The van der Waals surface area contributed by atoms with Gasteiger partial charge in [0.15, 0.2) is 5.78 Å². The second kappa shape index (κ2) is 4.67. The third kappa shape index (κ3) is 3.11. The normalized spacial score (nSPS) is 13.1. The Morgan fingerprint density at radius 2 is 2.00 bits per heavy atom. The molecule has 14 heavy (non-hydrogen) atoms. The van der Waals surface area contributed by atoms with Gasteiger partial charge in [-0.25, -0.2) is 4.39 Å². The molecule has 0 aliphatic heterocycles. The Hall–Kier alpha value is -1.48. The summed E-state index contributed by atoms with van der Waals surface area (Å²) in [5.41, 5.74) is 0.406. The second-order valence-corrected chi connectivity index (χ2v) is 2.97. The summed E-state index contributed by atoms with van der Waals surface area (Å²) < 4.78 is 12.5. The van der Waals surface area contributed by atoms with Crippen molar-refractivity contribution in [3.05, 3.63) is 47.8 Å². The van der Waals surface area contributed by atoms with Gasteiger partial charge < -0.3 is 5.11 Å². The van der Waals surface area contributed by atoms with Crippen LogP contribution in [0.2, 0.25) is 0 Å². The van der Waals surface area contributed by atoms with Gasteiger partial charge >= 0.3 is 0 Å². The summed E-state index contributed by atoms with van der Waals surface area (Å²) in [6.45, 7) is 1.55. The minimum absolute atomic E-state index is 0.245. The first-order valence-electron chi connectivity index (χ1n) is 4.26. The highest BCUT2D eigenvalue weighted by molar-refractivity contribution is 6.04. The van der Waals surface area contributed by atoms with E-state index in [1.54, 1.807) is 6.92 Å². The maximum absolute atomic E-state index is 12.5. The van der Waals surface area contributed by atoms with Crippen LogP contribution in [0.4, 0.5) is 4.39 Å². The monoisotopic (exact) mass is 194 g/mol. The van der Waals surface area contributed by atoms with Crippen molar-refractivity contribution >= 4 is 5.78 Å². The molecule has 1 unspecified atom stereocenters. The molecule has 0 spiro atoms. The van der Waals surface area contributed by atoms with Gasteiger partial charge in [0.05, 0.1) is 6.10 Å². The minimum atomic E-state index is -0.653. The van der Waals surface area contributed by atoms with Crippen LogP contribution in [-0.2, 0) is 0 Å². The summed E-state index contributed by atoms with van der Waals surface area (Å²) in [4.78, 5) is 11.3. The maximum atomic E-state index is 12.5. The zero-order valence-electron chi connectivity index (χ0n) is 7.77. The Balaban J connectivity index is 2.75. The zero-order chi connectivity index (χ0) is 10.6. The molecule has 0 aliphatic carbocycles. The molecule has 0 aromatic heterocycles. The third-order valence-electron chi connectivity index (χ3n) is 1.65. The van der Waals surface area contributed by atoms with E-state index in [1.165, 1.54) is 36.4 Å². The average molecular weight is 194 g/mol. The predicted molar refractivity (Wildman–Crippen MR) is 51.6 cm³/mol. The van der Waals surface area contributed by atoms with Crippen molar-refractivity contribution in [2.45, 2.75) is 13.0 Å². The van der Waals surface area contributed by atoms with Crippen LogP contribution < -0.4 is 0 Å². The average Bonchev–Trinajstić information content (AvgIpc) is 2.15. The molecule has 1 rings (SSSR count). The Morgan fingerprint density at radius 3 is 2.50 bits per heavy atom. The van der Waals surface area contributed by atoms with E-state index in [2.05, 4.69) is 0 Å². The van der Waals surface area contributed by atoms with E-state index in [4.69, 9.17) is 5.11 Å². The van der Waals surface area contributed by atoms with Gasteiger partial charge in [-0.1, -0.05) is 6.08 Å². The van der Waals surface area contributed by atoms with Crippen molar-refractivity contribution in [3.8, 4) is 0 Å². The van der Waals surface area contributed by atoms with Crippen molar-refractivity contribution in [3.63, 3.8) is 0 Å². The van der Waals surface area contributed by atoms with E-state index in [0.29, 0.717) is 5.56 Å². The fraction of sp³-hybridized carbons (Fsp3) is 0.182. The van der Waals surface area contributed by atoms with Crippen LogP contribution in [0.25, 0.3) is 0 Å². The number of carbonyl (C=O) groups excluding carboxylic acids is 1. The lowest BCUT2D eigenvalue weighted by molar-refractivity contribution is 0.104. The summed E-state index contributed by atoms with van der Waals surface area (Å²) in [7, 11) is 0. The quantitative estimate of drug-likeness (QED) is 0.589. The van der Waals surface area contributed by atoms with E-state index in [-0.39, 0.29) is 11.6 Å². The molecule has 0 radical (unpaired) electrons. The largest absolute Gasteiger partial charge is 0.389 e. The molecule has 1 aromatic rings. The van der Waals surface area contributed by atoms with Gasteiger partial charge in [0.1, 0.15) is 5.82 Å². The van der Waals surface area contributed by atoms with Gasteiger partial charge in [-0.2, -0.15) is 0 Å². The lowest BCUT2D eigenvalue weighted by atomic mass is 10.1. The van der Waals surface area contributed by atoms with Crippen LogP contribution >= 0.6 is 0 Å². The number of hydrogen-bond acceptors (Lipinski definition) is 2. The number of hydrogen-bond donors (Lipinski definition) is 1. The molecule has 0 saturated carbocycles.